The topological polar surface area (TPSA) is 49.4 Å². The summed E-state index contributed by atoms with van der Waals surface area (Å²) in [5.74, 6) is 1.03. The Kier molecular flexibility index (Phi) is 5.59. The van der Waals surface area contributed by atoms with E-state index in [1.54, 1.807) is 0 Å². The van der Waals surface area contributed by atoms with Crippen molar-refractivity contribution in [3.8, 4) is 0 Å². The number of nitrogens with zero attached hydrogens (tertiary/aromatic N) is 1. The number of amides is 2. The Morgan fingerprint density at radius 1 is 1.40 bits per heavy atom. The Labute approximate surface area is 123 Å². The minimum atomic E-state index is -1.04. The van der Waals surface area contributed by atoms with E-state index in [0.717, 1.165) is 24.4 Å². The molecule has 20 heavy (non-hydrogen) atoms. The van der Waals surface area contributed by atoms with Gasteiger partial charge in [-0.25, -0.2) is 4.79 Å². The summed E-state index contributed by atoms with van der Waals surface area (Å²) in [6.07, 6.45) is 2.27. The van der Waals surface area contributed by atoms with Gasteiger partial charge in [0, 0.05) is 30.3 Å². The van der Waals surface area contributed by atoms with E-state index in [-0.39, 0.29) is 6.03 Å². The third-order valence-corrected chi connectivity index (χ3v) is 4.89. The van der Waals surface area contributed by atoms with Crippen LogP contribution in [-0.4, -0.2) is 40.5 Å². The molecule has 0 bridgehead atoms. The molecule has 2 amide bonds. The highest BCUT2D eigenvalue weighted by molar-refractivity contribution is 7.85. The molecule has 0 saturated carbocycles. The van der Waals surface area contributed by atoms with Crippen LogP contribution in [0.15, 0.2) is 35.2 Å². The summed E-state index contributed by atoms with van der Waals surface area (Å²) in [4.78, 5) is 14.7. The van der Waals surface area contributed by atoms with Gasteiger partial charge in [0.15, 0.2) is 0 Å². The fraction of sp³-hybridized carbons (Fsp3) is 0.533. The molecule has 1 N–H and O–H groups in total. The van der Waals surface area contributed by atoms with Crippen LogP contribution in [0.3, 0.4) is 0 Å². The highest BCUT2D eigenvalue weighted by atomic mass is 32.2. The van der Waals surface area contributed by atoms with E-state index < -0.39 is 10.8 Å². The maximum absolute atomic E-state index is 12.0. The lowest BCUT2D eigenvalue weighted by Crippen LogP contribution is -2.45. The maximum Gasteiger partial charge on any atom is 0.317 e. The average molecular weight is 294 g/mol. The first-order chi connectivity index (χ1) is 9.66. The fourth-order valence-electron chi connectivity index (χ4n) is 2.43. The quantitative estimate of drug-likeness (QED) is 0.926. The van der Waals surface area contributed by atoms with Crippen molar-refractivity contribution in [1.29, 1.82) is 0 Å². The number of hydrogen-bond donors (Lipinski definition) is 1. The number of benzene rings is 1. The van der Waals surface area contributed by atoms with E-state index >= 15 is 0 Å². The predicted molar refractivity (Wildman–Crippen MR) is 81.1 cm³/mol. The summed E-state index contributed by atoms with van der Waals surface area (Å²) < 4.78 is 12.0. The van der Waals surface area contributed by atoms with Crippen LogP contribution >= 0.6 is 0 Å². The van der Waals surface area contributed by atoms with Crippen LogP contribution in [-0.2, 0) is 10.8 Å². The van der Waals surface area contributed by atoms with Crippen LogP contribution in [0.5, 0.6) is 0 Å². The first kappa shape index (κ1) is 15.0. The first-order valence-electron chi connectivity index (χ1n) is 7.13. The summed E-state index contributed by atoms with van der Waals surface area (Å²) >= 11 is 0. The monoisotopic (exact) mass is 294 g/mol. The largest absolute Gasteiger partial charge is 0.337 e. The number of carbonyl (C=O) groups is 1. The van der Waals surface area contributed by atoms with Crippen molar-refractivity contribution >= 4 is 16.8 Å². The van der Waals surface area contributed by atoms with Gasteiger partial charge in [-0.3, -0.25) is 4.21 Å². The highest BCUT2D eigenvalue weighted by Crippen LogP contribution is 2.15. The molecule has 1 aromatic carbocycles. The number of hydrogen-bond acceptors (Lipinski definition) is 2. The molecule has 0 radical (unpaired) electrons. The number of piperidine rings is 1. The van der Waals surface area contributed by atoms with Gasteiger partial charge in [-0.05, 0) is 30.9 Å². The second kappa shape index (κ2) is 7.43. The molecule has 1 saturated heterocycles. The molecule has 110 valence electrons. The van der Waals surface area contributed by atoms with Crippen LogP contribution < -0.4 is 5.32 Å². The van der Waals surface area contributed by atoms with Crippen molar-refractivity contribution in [3.63, 3.8) is 0 Å². The van der Waals surface area contributed by atoms with Crippen LogP contribution in [0.2, 0.25) is 0 Å². The average Bonchev–Trinajstić information content (AvgIpc) is 2.48. The Morgan fingerprint density at radius 2 is 2.15 bits per heavy atom. The number of urea groups is 1. The first-order valence-corrected chi connectivity index (χ1v) is 8.45. The molecule has 4 nitrogen and oxygen atoms in total. The van der Waals surface area contributed by atoms with Crippen LogP contribution in [0, 0.1) is 5.92 Å². The standard InChI is InChI=1S/C15H22N2O2S/c1-13-6-5-10-17(12-13)15(18)16-9-11-20(19)14-7-3-2-4-8-14/h2-4,7-8,13H,5-6,9-12H2,1H3,(H,16,18)/t13-,20+/m1/s1. The molecule has 5 heteroatoms. The van der Waals surface area contributed by atoms with Gasteiger partial charge in [0.1, 0.15) is 0 Å². The van der Waals surface area contributed by atoms with Crippen LogP contribution in [0.1, 0.15) is 19.8 Å². The molecule has 1 aromatic rings. The summed E-state index contributed by atoms with van der Waals surface area (Å²) in [5.41, 5.74) is 0. The van der Waals surface area contributed by atoms with Crippen molar-refractivity contribution in [2.45, 2.75) is 24.7 Å². The lowest BCUT2D eigenvalue weighted by atomic mass is 10.0. The van der Waals surface area contributed by atoms with Gasteiger partial charge in [0.2, 0.25) is 0 Å². The second-order valence-electron chi connectivity index (χ2n) is 5.29. The number of likely N-dealkylation sites (tertiary alicyclic amines) is 1. The number of nitrogens with one attached hydrogen (secondary N) is 1. The van der Waals surface area contributed by atoms with Gasteiger partial charge in [-0.15, -0.1) is 0 Å². The molecule has 1 aliphatic heterocycles. The highest BCUT2D eigenvalue weighted by Gasteiger charge is 2.20. The minimum absolute atomic E-state index is 0.0263. The van der Waals surface area contributed by atoms with Crippen molar-refractivity contribution in [1.82, 2.24) is 10.2 Å². The summed E-state index contributed by atoms with van der Waals surface area (Å²) in [7, 11) is -1.04. The zero-order chi connectivity index (χ0) is 14.4. The molecular formula is C15H22N2O2S. The minimum Gasteiger partial charge on any atom is -0.337 e. The smallest absolute Gasteiger partial charge is 0.317 e. The third-order valence-electron chi connectivity index (χ3n) is 3.51. The molecular weight excluding hydrogens is 272 g/mol. The lowest BCUT2D eigenvalue weighted by Gasteiger charge is -2.30. The Balaban J connectivity index is 1.73. The van der Waals surface area contributed by atoms with Gasteiger partial charge < -0.3 is 10.2 Å². The van der Waals surface area contributed by atoms with Crippen molar-refractivity contribution in [2.75, 3.05) is 25.4 Å². The van der Waals surface area contributed by atoms with Gasteiger partial charge >= 0.3 is 6.03 Å². The van der Waals surface area contributed by atoms with E-state index in [2.05, 4.69) is 12.2 Å². The van der Waals surface area contributed by atoms with Gasteiger partial charge in [0.25, 0.3) is 0 Å². The lowest BCUT2D eigenvalue weighted by molar-refractivity contribution is 0.170. The van der Waals surface area contributed by atoms with Crippen LogP contribution in [0.4, 0.5) is 4.79 Å². The third kappa shape index (κ3) is 4.34. The predicted octanol–water partition coefficient (Wildman–Crippen LogP) is 2.24. The fourth-order valence-corrected chi connectivity index (χ4v) is 3.41. The van der Waals surface area contributed by atoms with Crippen molar-refractivity contribution in [3.05, 3.63) is 30.3 Å². The van der Waals surface area contributed by atoms with Gasteiger partial charge in [-0.1, -0.05) is 25.1 Å². The number of carbonyl (C=O) groups excluding carboxylic acids is 1. The molecule has 1 heterocycles. The van der Waals surface area contributed by atoms with Crippen molar-refractivity contribution in [2.24, 2.45) is 5.92 Å². The van der Waals surface area contributed by atoms with E-state index in [9.17, 15) is 9.00 Å². The molecule has 2 rings (SSSR count). The molecule has 1 fully saturated rings. The summed E-state index contributed by atoms with van der Waals surface area (Å²) in [6, 6.07) is 9.33. The molecule has 2 atom stereocenters. The zero-order valence-electron chi connectivity index (χ0n) is 11.9. The molecule has 0 aromatic heterocycles. The van der Waals surface area contributed by atoms with E-state index in [1.807, 2.05) is 35.2 Å². The van der Waals surface area contributed by atoms with Crippen LogP contribution in [0.25, 0.3) is 0 Å². The molecule has 1 aliphatic rings. The van der Waals surface area contributed by atoms with Gasteiger partial charge in [-0.2, -0.15) is 0 Å². The van der Waals surface area contributed by atoms with Crippen molar-refractivity contribution < 1.29 is 9.00 Å². The van der Waals surface area contributed by atoms with Gasteiger partial charge in [0.05, 0.1) is 10.8 Å². The second-order valence-corrected chi connectivity index (χ2v) is 6.86. The molecule has 0 aliphatic carbocycles. The zero-order valence-corrected chi connectivity index (χ0v) is 12.7. The Bertz CT molecular complexity index is 464. The molecule has 0 spiro atoms. The van der Waals surface area contributed by atoms with E-state index in [1.165, 1.54) is 6.42 Å². The normalized spacial score (nSPS) is 20.4. The van der Waals surface area contributed by atoms with E-state index in [0.29, 0.717) is 18.2 Å². The molecule has 0 unspecified atom stereocenters. The number of rotatable bonds is 4. The Hall–Kier alpha value is -1.36. The van der Waals surface area contributed by atoms with E-state index in [4.69, 9.17) is 0 Å². The SMILES string of the molecule is C[C@@H]1CCCN(C(=O)NCC[S@](=O)c2ccccc2)C1. The Morgan fingerprint density at radius 3 is 2.85 bits per heavy atom. The maximum atomic E-state index is 12.0. The summed E-state index contributed by atoms with van der Waals surface area (Å²) in [6.45, 7) is 4.28. The summed E-state index contributed by atoms with van der Waals surface area (Å²) in [5, 5.41) is 2.87.